The Bertz CT molecular complexity index is 901. The normalized spacial score (nSPS) is 19.1. The van der Waals surface area contributed by atoms with Gasteiger partial charge in [-0.1, -0.05) is 43.3 Å². The zero-order valence-electron chi connectivity index (χ0n) is 18.1. The number of carbonyl (C=O) groups is 2. The molecule has 2 aromatic rings. The van der Waals surface area contributed by atoms with Crippen LogP contribution >= 0.6 is 0 Å². The number of ketones is 1. The molecule has 160 valence electrons. The van der Waals surface area contributed by atoms with Crippen LogP contribution in [0.1, 0.15) is 69.2 Å². The van der Waals surface area contributed by atoms with Gasteiger partial charge in [0.25, 0.3) is 0 Å². The summed E-state index contributed by atoms with van der Waals surface area (Å²) in [5.74, 6) is -0.528. The van der Waals surface area contributed by atoms with Crippen LogP contribution in [0.3, 0.4) is 0 Å². The third-order valence-electron chi connectivity index (χ3n) is 5.55. The Hall–Kier alpha value is -2.69. The van der Waals surface area contributed by atoms with E-state index >= 15 is 0 Å². The van der Waals surface area contributed by atoms with Crippen LogP contribution in [0, 0.1) is 11.7 Å². The van der Waals surface area contributed by atoms with Crippen molar-refractivity contribution in [2.75, 3.05) is 0 Å². The highest BCUT2D eigenvalue weighted by Crippen LogP contribution is 2.39. The Morgan fingerprint density at radius 2 is 1.80 bits per heavy atom. The molecule has 0 fully saturated rings. The second-order valence-corrected chi connectivity index (χ2v) is 8.97. The minimum atomic E-state index is -0.594. The average Bonchev–Trinajstić information content (AvgIpc) is 2.99. The van der Waals surface area contributed by atoms with Gasteiger partial charge >= 0.3 is 6.09 Å². The number of benzene rings is 2. The number of halogens is 1. The van der Waals surface area contributed by atoms with Gasteiger partial charge in [-0.05, 0) is 68.4 Å². The van der Waals surface area contributed by atoms with E-state index in [-0.39, 0.29) is 29.5 Å². The van der Waals surface area contributed by atoms with Crippen LogP contribution in [0.15, 0.2) is 48.5 Å². The number of ether oxygens (including phenoxy) is 1. The molecule has 0 saturated heterocycles. The van der Waals surface area contributed by atoms with Gasteiger partial charge in [0.2, 0.25) is 0 Å². The molecule has 1 aliphatic rings. The highest BCUT2D eigenvalue weighted by atomic mass is 19.1. The average molecular weight is 412 g/mol. The first-order valence-corrected chi connectivity index (χ1v) is 10.5. The van der Waals surface area contributed by atoms with Crippen LogP contribution in [0.2, 0.25) is 0 Å². The molecule has 2 aromatic carbocycles. The Kier molecular flexibility index (Phi) is 6.59. The number of hydrogen-bond acceptors (Lipinski definition) is 3. The molecule has 0 aromatic heterocycles. The Morgan fingerprint density at radius 3 is 2.43 bits per heavy atom. The van der Waals surface area contributed by atoms with Gasteiger partial charge in [-0.15, -0.1) is 0 Å². The number of amides is 1. The van der Waals surface area contributed by atoms with Crippen molar-refractivity contribution in [3.63, 3.8) is 0 Å². The molecule has 5 heteroatoms. The first-order chi connectivity index (χ1) is 14.2. The fourth-order valence-corrected chi connectivity index (χ4v) is 4.24. The van der Waals surface area contributed by atoms with Crippen LogP contribution in [-0.2, 0) is 16.0 Å². The predicted octanol–water partition coefficient (Wildman–Crippen LogP) is 5.72. The van der Waals surface area contributed by atoms with Crippen LogP contribution in [0.4, 0.5) is 9.18 Å². The lowest BCUT2D eigenvalue weighted by Crippen LogP contribution is -2.37. The van der Waals surface area contributed by atoms with Gasteiger partial charge in [-0.25, -0.2) is 9.18 Å². The summed E-state index contributed by atoms with van der Waals surface area (Å²) in [5.41, 5.74) is 2.42. The Labute approximate surface area is 177 Å². The number of rotatable bonds is 6. The van der Waals surface area contributed by atoms with Gasteiger partial charge in [0, 0.05) is 12.3 Å². The van der Waals surface area contributed by atoms with Gasteiger partial charge in [-0.3, -0.25) is 4.79 Å². The maximum atomic E-state index is 13.3. The SMILES string of the molecule is CC[C@H](C(=O)C[C@@H]1Cc2ccccc2[C@H]1NC(=O)OC(C)(C)C)c1ccc(F)cc1. The van der Waals surface area contributed by atoms with Crippen molar-refractivity contribution >= 4 is 11.9 Å². The van der Waals surface area contributed by atoms with E-state index in [1.165, 1.54) is 12.1 Å². The summed E-state index contributed by atoms with van der Waals surface area (Å²) in [6.45, 7) is 7.44. The van der Waals surface area contributed by atoms with Crippen molar-refractivity contribution in [1.82, 2.24) is 5.32 Å². The second-order valence-electron chi connectivity index (χ2n) is 8.97. The molecule has 1 N–H and O–H groups in total. The summed E-state index contributed by atoms with van der Waals surface area (Å²) in [7, 11) is 0. The fraction of sp³-hybridized carbons (Fsp3) is 0.440. The van der Waals surface area contributed by atoms with Crippen molar-refractivity contribution in [2.24, 2.45) is 5.92 Å². The third-order valence-corrected chi connectivity index (χ3v) is 5.55. The zero-order valence-corrected chi connectivity index (χ0v) is 18.1. The van der Waals surface area contributed by atoms with Gasteiger partial charge < -0.3 is 10.1 Å². The Balaban J connectivity index is 1.78. The number of nitrogens with one attached hydrogen (secondary N) is 1. The maximum Gasteiger partial charge on any atom is 0.408 e. The molecule has 0 spiro atoms. The number of fused-ring (bicyclic) bond motifs is 1. The topological polar surface area (TPSA) is 55.4 Å². The lowest BCUT2D eigenvalue weighted by molar-refractivity contribution is -0.121. The van der Waals surface area contributed by atoms with Crippen molar-refractivity contribution in [3.05, 3.63) is 71.0 Å². The molecule has 1 aliphatic carbocycles. The number of hydrogen-bond donors (Lipinski definition) is 1. The van der Waals surface area contributed by atoms with Crippen LogP contribution in [0.25, 0.3) is 0 Å². The van der Waals surface area contributed by atoms with E-state index in [1.54, 1.807) is 12.1 Å². The summed E-state index contributed by atoms with van der Waals surface area (Å²) in [6.07, 6.45) is 1.23. The summed E-state index contributed by atoms with van der Waals surface area (Å²) in [4.78, 5) is 25.6. The second kappa shape index (κ2) is 8.99. The van der Waals surface area contributed by atoms with E-state index in [1.807, 2.05) is 52.0 Å². The van der Waals surface area contributed by atoms with Gasteiger partial charge in [0.15, 0.2) is 0 Å². The van der Waals surface area contributed by atoms with E-state index in [9.17, 15) is 14.0 Å². The van der Waals surface area contributed by atoms with Gasteiger partial charge in [0.1, 0.15) is 17.2 Å². The molecule has 0 saturated carbocycles. The molecule has 0 unspecified atom stereocenters. The highest BCUT2D eigenvalue weighted by molar-refractivity contribution is 5.86. The van der Waals surface area contributed by atoms with Crippen molar-refractivity contribution in [1.29, 1.82) is 0 Å². The Morgan fingerprint density at radius 1 is 1.13 bits per heavy atom. The molecule has 3 atom stereocenters. The largest absolute Gasteiger partial charge is 0.444 e. The van der Waals surface area contributed by atoms with Crippen molar-refractivity contribution in [2.45, 2.75) is 64.5 Å². The monoisotopic (exact) mass is 411 g/mol. The maximum absolute atomic E-state index is 13.3. The quantitative estimate of drug-likeness (QED) is 0.662. The molecule has 3 rings (SSSR count). The molecular formula is C25H30FNO3. The van der Waals surface area contributed by atoms with Gasteiger partial charge in [0.05, 0.1) is 6.04 Å². The molecule has 0 bridgehead atoms. The van der Waals surface area contributed by atoms with E-state index in [2.05, 4.69) is 5.32 Å². The first kappa shape index (κ1) is 22.0. The van der Waals surface area contributed by atoms with Crippen LogP contribution < -0.4 is 5.32 Å². The van der Waals surface area contributed by atoms with Crippen LogP contribution in [0.5, 0.6) is 0 Å². The number of alkyl carbamates (subject to hydrolysis) is 1. The lowest BCUT2D eigenvalue weighted by atomic mass is 9.85. The third kappa shape index (κ3) is 5.26. The van der Waals surface area contributed by atoms with E-state index in [0.29, 0.717) is 12.8 Å². The molecule has 4 nitrogen and oxygen atoms in total. The smallest absolute Gasteiger partial charge is 0.408 e. The number of carbonyl (C=O) groups excluding carboxylic acids is 2. The summed E-state index contributed by atoms with van der Waals surface area (Å²) >= 11 is 0. The fourth-order valence-electron chi connectivity index (χ4n) is 4.24. The predicted molar refractivity (Wildman–Crippen MR) is 115 cm³/mol. The van der Waals surface area contributed by atoms with E-state index in [0.717, 1.165) is 23.1 Å². The van der Waals surface area contributed by atoms with E-state index in [4.69, 9.17) is 4.74 Å². The molecule has 1 amide bonds. The molecule has 0 radical (unpaired) electrons. The minimum absolute atomic E-state index is 0.0445. The molecule has 0 aliphatic heterocycles. The van der Waals surface area contributed by atoms with Gasteiger partial charge in [-0.2, -0.15) is 0 Å². The van der Waals surface area contributed by atoms with Crippen molar-refractivity contribution < 1.29 is 18.7 Å². The van der Waals surface area contributed by atoms with E-state index < -0.39 is 11.7 Å². The summed E-state index contributed by atoms with van der Waals surface area (Å²) < 4.78 is 18.7. The highest BCUT2D eigenvalue weighted by Gasteiger charge is 2.36. The summed E-state index contributed by atoms with van der Waals surface area (Å²) in [6, 6.07) is 13.8. The van der Waals surface area contributed by atoms with Crippen molar-refractivity contribution in [3.8, 4) is 0 Å². The first-order valence-electron chi connectivity index (χ1n) is 10.5. The zero-order chi connectivity index (χ0) is 21.9. The standard InChI is InChI=1S/C25H30FNO3/c1-5-20(16-10-12-19(26)13-11-16)22(28)15-18-14-17-8-6-7-9-21(17)23(18)27-24(29)30-25(2,3)4/h6-13,18,20,23H,5,14-15H2,1-4H3,(H,27,29)/t18-,20-,23-/m0/s1. The lowest BCUT2D eigenvalue weighted by Gasteiger charge is -2.26. The molecule has 0 heterocycles. The molecular weight excluding hydrogens is 381 g/mol. The molecule has 30 heavy (non-hydrogen) atoms. The summed E-state index contributed by atoms with van der Waals surface area (Å²) in [5, 5.41) is 2.99. The number of Topliss-reactive ketones (excluding diaryl/α,β-unsaturated/α-hetero) is 1. The minimum Gasteiger partial charge on any atom is -0.444 e. The van der Waals surface area contributed by atoms with Crippen LogP contribution in [-0.4, -0.2) is 17.5 Å².